The molecule has 2 nitrogen and oxygen atoms in total. The van der Waals surface area contributed by atoms with Gasteiger partial charge in [0.15, 0.2) is 0 Å². The van der Waals surface area contributed by atoms with Crippen LogP contribution in [-0.4, -0.2) is 12.6 Å². The summed E-state index contributed by atoms with van der Waals surface area (Å²) in [6.07, 6.45) is 1.14. The first kappa shape index (κ1) is 11.4. The summed E-state index contributed by atoms with van der Waals surface area (Å²) in [7, 11) is 0. The van der Waals surface area contributed by atoms with Gasteiger partial charge in [0.1, 0.15) is 5.82 Å². The molecule has 88 valence electrons. The molecule has 2 rings (SSSR count). The zero-order valence-electron chi connectivity index (χ0n) is 9.91. The number of nitrogens with two attached hydrogens (primary N) is 1. The first-order valence-corrected chi connectivity index (χ1v) is 5.87. The van der Waals surface area contributed by atoms with E-state index in [2.05, 4.69) is 18.7 Å². The van der Waals surface area contributed by atoms with Crippen LogP contribution in [0.3, 0.4) is 0 Å². The van der Waals surface area contributed by atoms with Gasteiger partial charge in [0.2, 0.25) is 0 Å². The van der Waals surface area contributed by atoms with E-state index in [0.717, 1.165) is 18.5 Å². The highest BCUT2D eigenvalue weighted by molar-refractivity contribution is 5.51. The molecule has 2 unspecified atom stereocenters. The molecule has 3 heteroatoms. The van der Waals surface area contributed by atoms with Crippen molar-refractivity contribution in [3.8, 4) is 0 Å². The van der Waals surface area contributed by atoms with Crippen molar-refractivity contribution in [1.29, 1.82) is 0 Å². The first-order chi connectivity index (χ1) is 7.61. The van der Waals surface area contributed by atoms with Gasteiger partial charge in [0.05, 0.1) is 5.69 Å². The Kier molecular flexibility index (Phi) is 3.15. The smallest absolute Gasteiger partial charge is 0.146 e. The fourth-order valence-electron chi connectivity index (χ4n) is 2.55. The van der Waals surface area contributed by atoms with Crippen LogP contribution in [0.2, 0.25) is 0 Å². The fourth-order valence-corrected chi connectivity index (χ4v) is 2.55. The standard InChI is InChI=1S/C13H19FN2/c1-9-5-10(2)16(8-9)13-4-3-11(7-15)6-12(13)14/h3-4,6,9-10H,5,7-8,15H2,1-2H3. The van der Waals surface area contributed by atoms with Crippen molar-refractivity contribution in [3.05, 3.63) is 29.6 Å². The molecular formula is C13H19FN2. The van der Waals surface area contributed by atoms with Gasteiger partial charge in [0, 0.05) is 19.1 Å². The van der Waals surface area contributed by atoms with Gasteiger partial charge in [-0.2, -0.15) is 0 Å². The quantitative estimate of drug-likeness (QED) is 0.833. The van der Waals surface area contributed by atoms with Gasteiger partial charge < -0.3 is 10.6 Å². The van der Waals surface area contributed by atoms with Crippen LogP contribution in [0.1, 0.15) is 25.8 Å². The summed E-state index contributed by atoms with van der Waals surface area (Å²) in [6, 6.07) is 5.74. The predicted octanol–water partition coefficient (Wildman–Crippen LogP) is 2.52. The van der Waals surface area contributed by atoms with Gasteiger partial charge >= 0.3 is 0 Å². The van der Waals surface area contributed by atoms with Crippen molar-refractivity contribution >= 4 is 5.69 Å². The SMILES string of the molecule is CC1CC(C)N(c2ccc(CN)cc2F)C1. The summed E-state index contributed by atoms with van der Waals surface area (Å²) in [5, 5.41) is 0. The molecule has 1 fully saturated rings. The highest BCUT2D eigenvalue weighted by Gasteiger charge is 2.27. The number of nitrogens with zero attached hydrogens (tertiary/aromatic N) is 1. The van der Waals surface area contributed by atoms with E-state index in [1.54, 1.807) is 6.07 Å². The van der Waals surface area contributed by atoms with Crippen molar-refractivity contribution < 1.29 is 4.39 Å². The lowest BCUT2D eigenvalue weighted by atomic mass is 10.1. The maximum atomic E-state index is 13.9. The molecule has 1 aromatic rings. The number of hydrogen-bond donors (Lipinski definition) is 1. The van der Waals surface area contributed by atoms with Gasteiger partial charge in [-0.1, -0.05) is 13.0 Å². The topological polar surface area (TPSA) is 29.3 Å². The maximum absolute atomic E-state index is 13.9. The summed E-state index contributed by atoms with van der Waals surface area (Å²) in [5.41, 5.74) is 7.06. The van der Waals surface area contributed by atoms with Crippen LogP contribution in [0.5, 0.6) is 0 Å². The van der Waals surface area contributed by atoms with E-state index in [-0.39, 0.29) is 5.82 Å². The van der Waals surface area contributed by atoms with Gasteiger partial charge in [-0.15, -0.1) is 0 Å². The molecule has 1 aliphatic rings. The van der Waals surface area contributed by atoms with Crippen molar-refractivity contribution in [2.75, 3.05) is 11.4 Å². The summed E-state index contributed by atoms with van der Waals surface area (Å²) in [4.78, 5) is 2.15. The molecule has 1 saturated heterocycles. The summed E-state index contributed by atoms with van der Waals surface area (Å²) in [5.74, 6) is 0.493. The number of benzene rings is 1. The molecule has 2 N–H and O–H groups in total. The maximum Gasteiger partial charge on any atom is 0.146 e. The van der Waals surface area contributed by atoms with E-state index in [0.29, 0.717) is 24.2 Å². The third kappa shape index (κ3) is 2.05. The number of halogens is 1. The monoisotopic (exact) mass is 222 g/mol. The molecular weight excluding hydrogens is 203 g/mol. The largest absolute Gasteiger partial charge is 0.366 e. The molecule has 0 spiro atoms. The molecule has 2 atom stereocenters. The molecule has 0 bridgehead atoms. The van der Waals surface area contributed by atoms with Crippen LogP contribution < -0.4 is 10.6 Å². The Balaban J connectivity index is 2.27. The average molecular weight is 222 g/mol. The Morgan fingerprint density at radius 2 is 2.19 bits per heavy atom. The minimum atomic E-state index is -0.149. The molecule has 1 heterocycles. The molecule has 1 aliphatic heterocycles. The van der Waals surface area contributed by atoms with Gasteiger partial charge in [-0.05, 0) is 37.0 Å². The zero-order chi connectivity index (χ0) is 11.7. The third-order valence-electron chi connectivity index (χ3n) is 3.34. The minimum absolute atomic E-state index is 0.149. The van der Waals surface area contributed by atoms with E-state index < -0.39 is 0 Å². The molecule has 0 aromatic heterocycles. The van der Waals surface area contributed by atoms with Crippen molar-refractivity contribution in [1.82, 2.24) is 0 Å². The second kappa shape index (κ2) is 4.42. The summed E-state index contributed by atoms with van der Waals surface area (Å²) >= 11 is 0. The molecule has 0 radical (unpaired) electrons. The van der Waals surface area contributed by atoms with Crippen molar-refractivity contribution in [2.24, 2.45) is 11.7 Å². The van der Waals surface area contributed by atoms with Gasteiger partial charge in [0.25, 0.3) is 0 Å². The van der Waals surface area contributed by atoms with E-state index in [9.17, 15) is 4.39 Å². The van der Waals surface area contributed by atoms with E-state index >= 15 is 0 Å². The van der Waals surface area contributed by atoms with Gasteiger partial charge in [-0.25, -0.2) is 4.39 Å². The highest BCUT2D eigenvalue weighted by atomic mass is 19.1. The van der Waals surface area contributed by atoms with Crippen LogP contribution in [0, 0.1) is 11.7 Å². The van der Waals surface area contributed by atoms with Crippen LogP contribution in [0.4, 0.5) is 10.1 Å². The number of rotatable bonds is 2. The zero-order valence-corrected chi connectivity index (χ0v) is 9.91. The summed E-state index contributed by atoms with van der Waals surface area (Å²) in [6.45, 7) is 5.70. The van der Waals surface area contributed by atoms with Crippen LogP contribution >= 0.6 is 0 Å². The van der Waals surface area contributed by atoms with Gasteiger partial charge in [-0.3, -0.25) is 0 Å². The Labute approximate surface area is 96.2 Å². The molecule has 0 saturated carbocycles. The van der Waals surface area contributed by atoms with Crippen molar-refractivity contribution in [2.45, 2.75) is 32.9 Å². The summed E-state index contributed by atoms with van der Waals surface area (Å²) < 4.78 is 13.9. The Morgan fingerprint density at radius 1 is 1.44 bits per heavy atom. The molecule has 1 aromatic carbocycles. The average Bonchev–Trinajstić information content (AvgIpc) is 2.57. The molecule has 0 amide bonds. The Morgan fingerprint density at radius 3 is 2.69 bits per heavy atom. The lowest BCUT2D eigenvalue weighted by Crippen LogP contribution is -2.27. The van der Waals surface area contributed by atoms with E-state index in [1.807, 2.05) is 12.1 Å². The third-order valence-corrected chi connectivity index (χ3v) is 3.34. The predicted molar refractivity (Wildman–Crippen MR) is 64.9 cm³/mol. The lowest BCUT2D eigenvalue weighted by molar-refractivity contribution is 0.610. The van der Waals surface area contributed by atoms with Crippen LogP contribution in [0.15, 0.2) is 18.2 Å². The second-order valence-electron chi connectivity index (χ2n) is 4.83. The fraction of sp³-hybridized carbons (Fsp3) is 0.538. The Bertz CT molecular complexity index is 378. The highest BCUT2D eigenvalue weighted by Crippen LogP contribution is 2.30. The molecule has 0 aliphatic carbocycles. The first-order valence-electron chi connectivity index (χ1n) is 5.87. The second-order valence-corrected chi connectivity index (χ2v) is 4.83. The normalized spacial score (nSPS) is 25.1. The number of hydrogen-bond acceptors (Lipinski definition) is 2. The Hall–Kier alpha value is -1.09. The number of anilines is 1. The van der Waals surface area contributed by atoms with E-state index in [1.165, 1.54) is 0 Å². The van der Waals surface area contributed by atoms with Crippen LogP contribution in [0.25, 0.3) is 0 Å². The van der Waals surface area contributed by atoms with E-state index in [4.69, 9.17) is 5.73 Å². The van der Waals surface area contributed by atoms with Crippen LogP contribution in [-0.2, 0) is 6.54 Å². The van der Waals surface area contributed by atoms with Crippen molar-refractivity contribution in [3.63, 3.8) is 0 Å². The minimum Gasteiger partial charge on any atom is -0.366 e. The molecule has 16 heavy (non-hydrogen) atoms. The lowest BCUT2D eigenvalue weighted by Gasteiger charge is -2.24.